The van der Waals surface area contributed by atoms with Gasteiger partial charge in [-0.05, 0) is 49.6 Å². The quantitative estimate of drug-likeness (QED) is 0.411. The van der Waals surface area contributed by atoms with E-state index in [1.54, 1.807) is 43.3 Å². The molecular weight excluding hydrogens is 523 g/mol. The van der Waals surface area contributed by atoms with Gasteiger partial charge in [-0.1, -0.05) is 18.2 Å². The molecule has 0 aliphatic carbocycles. The first-order chi connectivity index (χ1) is 18.1. The molecule has 1 aliphatic heterocycles. The molecule has 0 spiro atoms. The number of piperidine rings is 1. The number of alkyl halides is 3. The Labute approximate surface area is 220 Å². The monoisotopic (exact) mass is 549 g/mol. The fourth-order valence-corrected chi connectivity index (χ4v) is 5.34. The number of hydrogen-bond donors (Lipinski definition) is 3. The van der Waals surface area contributed by atoms with Gasteiger partial charge in [-0.25, -0.2) is 0 Å². The minimum Gasteiger partial charge on any atom is -0.482 e. The number of rotatable bonds is 7. The standard InChI is InChI=1S/C26H26F3N3O5S/c1-15-11-20-18(12-19(15)31-24(35)16-5-3-2-4-6-16)22(37-14-26(27,28)29)23(38-20)25(36)30-17-7-9-32(10-8-17)21(34)13-33/h2-6,11-12,17,33H,7-10,13-14H2,1H3,(H,30,36)(H,31,35). The number of anilines is 1. The normalized spacial score (nSPS) is 14.4. The SMILES string of the molecule is Cc1cc2sc(C(=O)NC3CCN(C(=O)CO)CC3)c(OCC(F)(F)F)c2cc1NC(=O)c1ccccc1. The molecule has 0 unspecified atom stereocenters. The second kappa shape index (κ2) is 11.4. The second-order valence-corrected chi connectivity index (χ2v) is 9.99. The lowest BCUT2D eigenvalue weighted by Crippen LogP contribution is -2.47. The number of halogens is 3. The maximum atomic E-state index is 13.2. The van der Waals surface area contributed by atoms with E-state index in [2.05, 4.69) is 10.6 Å². The molecule has 12 heteroatoms. The summed E-state index contributed by atoms with van der Waals surface area (Å²) in [7, 11) is 0. The van der Waals surface area contributed by atoms with Crippen LogP contribution in [0, 0.1) is 6.92 Å². The predicted octanol–water partition coefficient (Wildman–Crippen LogP) is 4.12. The van der Waals surface area contributed by atoms with Crippen molar-refractivity contribution in [3.05, 3.63) is 58.5 Å². The number of aliphatic hydroxyl groups is 1. The lowest BCUT2D eigenvalue weighted by atomic mass is 10.0. The van der Waals surface area contributed by atoms with Crippen LogP contribution in [-0.4, -0.2) is 66.2 Å². The molecule has 0 bridgehead atoms. The first-order valence-corrected chi connectivity index (χ1v) is 12.7. The van der Waals surface area contributed by atoms with Gasteiger partial charge in [0.25, 0.3) is 11.8 Å². The third-order valence-corrected chi connectivity index (χ3v) is 7.31. The minimum atomic E-state index is -4.62. The Kier molecular flexibility index (Phi) is 8.22. The third-order valence-electron chi connectivity index (χ3n) is 6.18. The number of nitrogens with zero attached hydrogens (tertiary/aromatic N) is 1. The molecule has 0 atom stereocenters. The van der Waals surface area contributed by atoms with Crippen LogP contribution in [0.5, 0.6) is 5.75 Å². The molecule has 0 saturated carbocycles. The van der Waals surface area contributed by atoms with Crippen molar-refractivity contribution in [2.24, 2.45) is 0 Å². The first kappa shape index (κ1) is 27.4. The van der Waals surface area contributed by atoms with E-state index >= 15 is 0 Å². The van der Waals surface area contributed by atoms with Crippen molar-refractivity contribution in [1.29, 1.82) is 0 Å². The van der Waals surface area contributed by atoms with Gasteiger partial charge in [-0.3, -0.25) is 14.4 Å². The molecule has 38 heavy (non-hydrogen) atoms. The molecule has 1 aromatic heterocycles. The number of thiophene rings is 1. The summed E-state index contributed by atoms with van der Waals surface area (Å²) >= 11 is 1.00. The van der Waals surface area contributed by atoms with Crippen LogP contribution in [0.2, 0.25) is 0 Å². The highest BCUT2D eigenvalue weighted by Gasteiger charge is 2.32. The zero-order valence-electron chi connectivity index (χ0n) is 20.4. The molecule has 3 amide bonds. The van der Waals surface area contributed by atoms with E-state index < -0.39 is 31.2 Å². The van der Waals surface area contributed by atoms with Gasteiger partial charge >= 0.3 is 6.18 Å². The van der Waals surface area contributed by atoms with Crippen molar-refractivity contribution in [3.63, 3.8) is 0 Å². The molecular formula is C26H26F3N3O5S. The van der Waals surface area contributed by atoms with Gasteiger partial charge in [0.15, 0.2) is 12.4 Å². The van der Waals surface area contributed by atoms with Gasteiger partial charge in [0.05, 0.1) is 0 Å². The second-order valence-electron chi connectivity index (χ2n) is 8.93. The number of hydrogen-bond acceptors (Lipinski definition) is 6. The smallest absolute Gasteiger partial charge is 0.422 e. The Hall–Kier alpha value is -3.64. The summed E-state index contributed by atoms with van der Waals surface area (Å²) in [6, 6.07) is 11.4. The predicted molar refractivity (Wildman–Crippen MR) is 137 cm³/mol. The fraction of sp³-hybridized carbons (Fsp3) is 0.346. The number of likely N-dealkylation sites (tertiary alicyclic amines) is 1. The number of fused-ring (bicyclic) bond motifs is 1. The van der Waals surface area contributed by atoms with Gasteiger partial charge in [0.1, 0.15) is 11.5 Å². The van der Waals surface area contributed by atoms with Gasteiger partial charge in [-0.2, -0.15) is 13.2 Å². The summed E-state index contributed by atoms with van der Waals surface area (Å²) in [5.41, 5.74) is 1.46. The number of aryl methyl sites for hydroxylation is 1. The average Bonchev–Trinajstić information content (AvgIpc) is 3.25. The third kappa shape index (κ3) is 6.43. The molecule has 2 heterocycles. The van der Waals surface area contributed by atoms with Crippen LogP contribution in [0.15, 0.2) is 42.5 Å². The number of ether oxygens (including phenoxy) is 1. The molecule has 2 aromatic carbocycles. The summed E-state index contributed by atoms with van der Waals surface area (Å²) in [4.78, 5) is 39.0. The summed E-state index contributed by atoms with van der Waals surface area (Å²) in [6.07, 6.45) is -3.74. The highest BCUT2D eigenvalue weighted by molar-refractivity contribution is 7.21. The van der Waals surface area contributed by atoms with Crippen molar-refractivity contribution < 1.29 is 37.4 Å². The lowest BCUT2D eigenvalue weighted by molar-refractivity contribution is -0.153. The fourth-order valence-electron chi connectivity index (χ4n) is 4.21. The van der Waals surface area contributed by atoms with Crippen LogP contribution in [0.1, 0.15) is 38.4 Å². The molecule has 0 radical (unpaired) electrons. The van der Waals surface area contributed by atoms with Crippen LogP contribution in [0.3, 0.4) is 0 Å². The van der Waals surface area contributed by atoms with Crippen LogP contribution in [0.4, 0.5) is 18.9 Å². The van der Waals surface area contributed by atoms with Crippen molar-refractivity contribution in [2.75, 3.05) is 31.6 Å². The number of aliphatic hydroxyl groups excluding tert-OH is 1. The van der Waals surface area contributed by atoms with E-state index in [-0.39, 0.29) is 28.0 Å². The van der Waals surface area contributed by atoms with Crippen LogP contribution in [0.25, 0.3) is 10.1 Å². The number of benzene rings is 2. The lowest BCUT2D eigenvalue weighted by Gasteiger charge is -2.32. The van der Waals surface area contributed by atoms with Gasteiger partial charge in [-0.15, -0.1) is 11.3 Å². The summed E-state index contributed by atoms with van der Waals surface area (Å²) < 4.78 is 44.9. The molecule has 3 aromatic rings. The van der Waals surface area contributed by atoms with Crippen molar-refractivity contribution in [3.8, 4) is 5.75 Å². The Bertz CT molecular complexity index is 1340. The Morgan fingerprint density at radius 2 is 1.79 bits per heavy atom. The Balaban J connectivity index is 1.61. The Morgan fingerprint density at radius 3 is 2.42 bits per heavy atom. The van der Waals surface area contributed by atoms with E-state index in [0.29, 0.717) is 47.4 Å². The van der Waals surface area contributed by atoms with Crippen LogP contribution in [-0.2, 0) is 4.79 Å². The molecule has 1 saturated heterocycles. The van der Waals surface area contributed by atoms with Gasteiger partial charge in [0, 0.05) is 40.5 Å². The summed E-state index contributed by atoms with van der Waals surface area (Å²) in [5, 5.41) is 14.9. The number of carbonyl (C=O) groups is 3. The molecule has 202 valence electrons. The van der Waals surface area contributed by atoms with Gasteiger partial charge in [0.2, 0.25) is 5.91 Å². The van der Waals surface area contributed by atoms with E-state index in [1.807, 2.05) is 0 Å². The Morgan fingerprint density at radius 1 is 1.11 bits per heavy atom. The zero-order valence-corrected chi connectivity index (χ0v) is 21.2. The number of carbonyl (C=O) groups excluding carboxylic acids is 3. The van der Waals surface area contributed by atoms with Crippen LogP contribution < -0.4 is 15.4 Å². The summed E-state index contributed by atoms with van der Waals surface area (Å²) in [6.45, 7) is 0.263. The van der Waals surface area contributed by atoms with E-state index in [9.17, 15) is 27.6 Å². The molecule has 4 rings (SSSR count). The molecule has 1 aliphatic rings. The maximum absolute atomic E-state index is 13.2. The largest absolute Gasteiger partial charge is 0.482 e. The van der Waals surface area contributed by atoms with Crippen molar-refractivity contribution in [2.45, 2.75) is 32.0 Å². The van der Waals surface area contributed by atoms with Crippen LogP contribution >= 0.6 is 11.3 Å². The molecule has 3 N–H and O–H groups in total. The topological polar surface area (TPSA) is 108 Å². The van der Waals surface area contributed by atoms with Gasteiger partial charge < -0.3 is 25.4 Å². The highest BCUT2D eigenvalue weighted by Crippen LogP contribution is 2.41. The van der Waals surface area contributed by atoms with Crippen molar-refractivity contribution >= 4 is 44.8 Å². The zero-order chi connectivity index (χ0) is 27.4. The number of nitrogens with one attached hydrogen (secondary N) is 2. The minimum absolute atomic E-state index is 0.0101. The highest BCUT2D eigenvalue weighted by atomic mass is 32.1. The number of amides is 3. The van der Waals surface area contributed by atoms with E-state index in [1.165, 1.54) is 11.0 Å². The van der Waals surface area contributed by atoms with E-state index in [4.69, 9.17) is 9.84 Å². The first-order valence-electron chi connectivity index (χ1n) is 11.9. The maximum Gasteiger partial charge on any atom is 0.422 e. The summed E-state index contributed by atoms with van der Waals surface area (Å²) in [5.74, 6) is -1.57. The average molecular weight is 550 g/mol. The molecule has 8 nitrogen and oxygen atoms in total. The molecule has 1 fully saturated rings. The van der Waals surface area contributed by atoms with E-state index in [0.717, 1.165) is 11.3 Å². The van der Waals surface area contributed by atoms with Crippen molar-refractivity contribution in [1.82, 2.24) is 10.2 Å².